The molecule has 0 radical (unpaired) electrons. The van der Waals surface area contributed by atoms with Gasteiger partial charge in [-0.25, -0.2) is 0 Å². The molecule has 0 spiro atoms. The van der Waals surface area contributed by atoms with Crippen LogP contribution in [0.1, 0.15) is 43.0 Å². The molecule has 0 saturated carbocycles. The fourth-order valence-electron chi connectivity index (χ4n) is 3.14. The Bertz CT molecular complexity index is 886. The highest BCUT2D eigenvalue weighted by Crippen LogP contribution is 2.26. The van der Waals surface area contributed by atoms with Crippen molar-refractivity contribution in [1.82, 2.24) is 10.2 Å². The number of rotatable bonds is 9. The molecule has 2 aromatic rings. The second-order valence-corrected chi connectivity index (χ2v) is 9.27. The normalized spacial score (nSPS) is 11.9. The number of aryl methyl sites for hydroxylation is 3. The summed E-state index contributed by atoms with van der Waals surface area (Å²) >= 11 is 3.54. The Balaban J connectivity index is 2.16. The van der Waals surface area contributed by atoms with Crippen molar-refractivity contribution in [1.29, 1.82) is 0 Å². The minimum Gasteiger partial charge on any atom is -0.484 e. The van der Waals surface area contributed by atoms with Crippen molar-refractivity contribution in [2.75, 3.05) is 13.2 Å². The molecule has 0 aliphatic rings. The van der Waals surface area contributed by atoms with Crippen molar-refractivity contribution >= 4 is 27.7 Å². The molecular weight excluding hydrogens is 456 g/mol. The molecule has 0 unspecified atom stereocenters. The van der Waals surface area contributed by atoms with E-state index in [-0.39, 0.29) is 18.4 Å². The SMILES string of the molecule is Cc1ccc(CN(C(=O)COc2cc(C)c(Br)c(C)c2)[C@@H](C)C(=O)NCC(C)C)cc1. The highest BCUT2D eigenvalue weighted by Gasteiger charge is 2.26. The van der Waals surface area contributed by atoms with Gasteiger partial charge in [0.25, 0.3) is 5.91 Å². The molecule has 0 aromatic heterocycles. The third kappa shape index (κ3) is 7.39. The van der Waals surface area contributed by atoms with Gasteiger partial charge in [-0.2, -0.15) is 0 Å². The maximum Gasteiger partial charge on any atom is 0.261 e. The van der Waals surface area contributed by atoms with Crippen molar-refractivity contribution in [2.24, 2.45) is 5.92 Å². The molecule has 6 heteroatoms. The molecule has 168 valence electrons. The van der Waals surface area contributed by atoms with E-state index >= 15 is 0 Å². The standard InChI is InChI=1S/C25H33BrN2O3/c1-16(2)13-27-25(30)20(6)28(14-21-9-7-17(3)8-10-21)23(29)15-31-22-11-18(4)24(26)19(5)12-22/h7-12,16,20H,13-15H2,1-6H3,(H,27,30)/t20-/m0/s1. The predicted molar refractivity (Wildman–Crippen MR) is 128 cm³/mol. The van der Waals surface area contributed by atoms with Gasteiger partial charge in [0, 0.05) is 17.6 Å². The van der Waals surface area contributed by atoms with Gasteiger partial charge in [0.2, 0.25) is 5.91 Å². The van der Waals surface area contributed by atoms with Crippen LogP contribution in [0.2, 0.25) is 0 Å². The lowest BCUT2D eigenvalue weighted by molar-refractivity contribution is -0.142. The van der Waals surface area contributed by atoms with Crippen LogP contribution >= 0.6 is 15.9 Å². The monoisotopic (exact) mass is 488 g/mol. The van der Waals surface area contributed by atoms with Gasteiger partial charge in [0.15, 0.2) is 6.61 Å². The zero-order valence-corrected chi connectivity index (χ0v) is 20.9. The Morgan fingerprint density at radius 1 is 1.03 bits per heavy atom. The van der Waals surface area contributed by atoms with Crippen molar-refractivity contribution in [3.63, 3.8) is 0 Å². The topological polar surface area (TPSA) is 58.6 Å². The second-order valence-electron chi connectivity index (χ2n) is 8.48. The lowest BCUT2D eigenvalue weighted by Crippen LogP contribution is -2.49. The molecule has 2 rings (SSSR count). The Labute approximate surface area is 194 Å². The number of hydrogen-bond donors (Lipinski definition) is 1. The molecule has 0 saturated heterocycles. The first-order valence-electron chi connectivity index (χ1n) is 10.6. The van der Waals surface area contributed by atoms with Crippen molar-refractivity contribution in [3.8, 4) is 5.75 Å². The van der Waals surface area contributed by atoms with E-state index in [2.05, 4.69) is 21.2 Å². The molecule has 1 N–H and O–H groups in total. The Morgan fingerprint density at radius 3 is 2.16 bits per heavy atom. The van der Waals surface area contributed by atoms with Crippen LogP contribution in [-0.4, -0.2) is 35.9 Å². The highest BCUT2D eigenvalue weighted by atomic mass is 79.9. The fraction of sp³-hybridized carbons (Fsp3) is 0.440. The van der Waals surface area contributed by atoms with Crippen molar-refractivity contribution in [2.45, 2.75) is 54.1 Å². The van der Waals surface area contributed by atoms with Crippen LogP contribution in [0.4, 0.5) is 0 Å². The van der Waals surface area contributed by atoms with Gasteiger partial charge in [-0.15, -0.1) is 0 Å². The first kappa shape index (κ1) is 24.9. The van der Waals surface area contributed by atoms with Gasteiger partial charge in [-0.1, -0.05) is 59.6 Å². The number of ether oxygens (including phenoxy) is 1. The maximum absolute atomic E-state index is 13.1. The number of amides is 2. The van der Waals surface area contributed by atoms with E-state index in [9.17, 15) is 9.59 Å². The summed E-state index contributed by atoms with van der Waals surface area (Å²) in [4.78, 5) is 27.4. The van der Waals surface area contributed by atoms with Crippen molar-refractivity contribution < 1.29 is 14.3 Å². The van der Waals surface area contributed by atoms with Gasteiger partial charge < -0.3 is 15.0 Å². The first-order valence-corrected chi connectivity index (χ1v) is 11.4. The largest absolute Gasteiger partial charge is 0.484 e. The highest BCUT2D eigenvalue weighted by molar-refractivity contribution is 9.10. The van der Waals surface area contributed by atoms with E-state index in [4.69, 9.17) is 4.74 Å². The third-order valence-corrected chi connectivity index (χ3v) is 6.35. The number of halogens is 1. The molecule has 0 fully saturated rings. The average molecular weight is 489 g/mol. The summed E-state index contributed by atoms with van der Waals surface area (Å²) in [5, 5.41) is 2.93. The van der Waals surface area contributed by atoms with Crippen LogP contribution in [0.25, 0.3) is 0 Å². The molecule has 0 aliphatic carbocycles. The number of nitrogens with one attached hydrogen (secondary N) is 1. The van der Waals surface area contributed by atoms with Gasteiger partial charge in [0.05, 0.1) is 0 Å². The molecule has 2 aromatic carbocycles. The van der Waals surface area contributed by atoms with E-state index in [1.54, 1.807) is 11.8 Å². The number of carbonyl (C=O) groups is 2. The average Bonchev–Trinajstić information content (AvgIpc) is 2.73. The zero-order chi connectivity index (χ0) is 23.1. The Hall–Kier alpha value is -2.34. The lowest BCUT2D eigenvalue weighted by atomic mass is 10.1. The van der Waals surface area contributed by atoms with Crippen LogP contribution in [0, 0.1) is 26.7 Å². The summed E-state index contributed by atoms with van der Waals surface area (Å²) in [6, 6.07) is 11.2. The number of carbonyl (C=O) groups excluding carboxylic acids is 2. The molecule has 1 atom stereocenters. The van der Waals surface area contributed by atoms with E-state index in [1.165, 1.54) is 0 Å². The zero-order valence-electron chi connectivity index (χ0n) is 19.3. The number of nitrogens with zero attached hydrogens (tertiary/aromatic N) is 1. The summed E-state index contributed by atoms with van der Waals surface area (Å²) < 4.78 is 6.84. The van der Waals surface area contributed by atoms with E-state index in [0.717, 1.165) is 26.7 Å². The molecule has 2 amide bonds. The molecule has 0 aliphatic heterocycles. The minimum absolute atomic E-state index is 0.131. The van der Waals surface area contributed by atoms with Crippen LogP contribution in [-0.2, 0) is 16.1 Å². The van der Waals surface area contributed by atoms with Crippen molar-refractivity contribution in [3.05, 3.63) is 63.1 Å². The van der Waals surface area contributed by atoms with Crippen LogP contribution in [0.5, 0.6) is 5.75 Å². The Morgan fingerprint density at radius 2 is 1.61 bits per heavy atom. The smallest absolute Gasteiger partial charge is 0.261 e. The Kier molecular flexibility index (Phi) is 9.11. The summed E-state index contributed by atoms with van der Waals surface area (Å²) in [7, 11) is 0. The summed E-state index contributed by atoms with van der Waals surface area (Å²) in [6.07, 6.45) is 0. The minimum atomic E-state index is -0.607. The first-order chi connectivity index (χ1) is 14.6. The van der Waals surface area contributed by atoms with E-state index in [0.29, 0.717) is 24.8 Å². The van der Waals surface area contributed by atoms with Crippen LogP contribution in [0.15, 0.2) is 40.9 Å². The summed E-state index contributed by atoms with van der Waals surface area (Å²) in [5.41, 5.74) is 4.20. The number of benzene rings is 2. The second kappa shape index (κ2) is 11.3. The van der Waals surface area contributed by atoms with Crippen LogP contribution < -0.4 is 10.1 Å². The van der Waals surface area contributed by atoms with Gasteiger partial charge in [0.1, 0.15) is 11.8 Å². The lowest BCUT2D eigenvalue weighted by Gasteiger charge is -2.29. The summed E-state index contributed by atoms with van der Waals surface area (Å²) in [5.74, 6) is 0.582. The summed E-state index contributed by atoms with van der Waals surface area (Å²) in [6.45, 7) is 12.6. The maximum atomic E-state index is 13.1. The molecular formula is C25H33BrN2O3. The van der Waals surface area contributed by atoms with Crippen LogP contribution in [0.3, 0.4) is 0 Å². The molecule has 5 nitrogen and oxygen atoms in total. The van der Waals surface area contributed by atoms with E-state index < -0.39 is 6.04 Å². The number of hydrogen-bond acceptors (Lipinski definition) is 3. The van der Waals surface area contributed by atoms with Gasteiger partial charge in [-0.3, -0.25) is 9.59 Å². The molecule has 31 heavy (non-hydrogen) atoms. The molecule has 0 heterocycles. The van der Waals surface area contributed by atoms with E-state index in [1.807, 2.05) is 71.0 Å². The predicted octanol–water partition coefficient (Wildman–Crippen LogP) is 4.94. The third-order valence-electron chi connectivity index (χ3n) is 5.10. The van der Waals surface area contributed by atoms with Gasteiger partial charge >= 0.3 is 0 Å². The van der Waals surface area contributed by atoms with Gasteiger partial charge in [-0.05, 0) is 62.4 Å². The fourth-order valence-corrected chi connectivity index (χ4v) is 3.37. The quantitative estimate of drug-likeness (QED) is 0.543. The molecule has 0 bridgehead atoms.